The molecule has 2 unspecified atom stereocenters. The highest BCUT2D eigenvalue weighted by atomic mass is 16.7. The Morgan fingerprint density at radius 3 is 2.08 bits per heavy atom. The Morgan fingerprint density at radius 1 is 0.875 bits per heavy atom. The second-order valence-electron chi connectivity index (χ2n) is 6.03. The first-order valence-corrected chi connectivity index (χ1v) is 8.63. The monoisotopic (exact) mass is 328 g/mol. The van der Waals surface area contributed by atoms with E-state index in [-0.39, 0.29) is 6.29 Å². The van der Waals surface area contributed by atoms with E-state index in [9.17, 15) is 0 Å². The summed E-state index contributed by atoms with van der Waals surface area (Å²) >= 11 is 0. The maximum atomic E-state index is 5.81. The molecule has 0 saturated carbocycles. The van der Waals surface area contributed by atoms with Crippen molar-refractivity contribution in [3.8, 4) is 11.5 Å². The Labute approximate surface area is 145 Å². The molecule has 0 saturated heterocycles. The fraction of sp³-hybridized carbons (Fsp3) is 0.429. The molecule has 0 aliphatic carbocycles. The largest absolute Gasteiger partial charge is 0.497 e. The summed E-state index contributed by atoms with van der Waals surface area (Å²) in [6.07, 6.45) is 1.73. The van der Waals surface area contributed by atoms with Gasteiger partial charge in [0, 0.05) is 0 Å². The quantitative estimate of drug-likeness (QED) is 0.593. The number of methoxy groups -OCH3 is 1. The van der Waals surface area contributed by atoms with Crippen LogP contribution in [0.25, 0.3) is 0 Å². The lowest BCUT2D eigenvalue weighted by atomic mass is 9.99. The van der Waals surface area contributed by atoms with Crippen molar-refractivity contribution in [2.75, 3.05) is 13.7 Å². The smallest absolute Gasteiger partial charge is 0.196 e. The van der Waals surface area contributed by atoms with E-state index in [0.29, 0.717) is 12.5 Å². The van der Waals surface area contributed by atoms with Gasteiger partial charge in [-0.2, -0.15) is 0 Å². The molecule has 0 N–H and O–H groups in total. The van der Waals surface area contributed by atoms with Crippen LogP contribution in [0.3, 0.4) is 0 Å². The SMILES string of the molecule is CCC(C)c1ccc(OC(C)OCCc2ccc(OC)cc2)cc1. The van der Waals surface area contributed by atoms with Gasteiger partial charge in [-0.25, -0.2) is 0 Å². The summed E-state index contributed by atoms with van der Waals surface area (Å²) in [6.45, 7) is 6.99. The average Bonchev–Trinajstić information content (AvgIpc) is 2.62. The predicted molar refractivity (Wildman–Crippen MR) is 97.9 cm³/mol. The molecule has 0 amide bonds. The average molecular weight is 328 g/mol. The Bertz CT molecular complexity index is 589. The molecule has 3 nitrogen and oxygen atoms in total. The van der Waals surface area contributed by atoms with Crippen LogP contribution >= 0.6 is 0 Å². The normalized spacial score (nSPS) is 13.3. The predicted octanol–water partition coefficient (Wildman–Crippen LogP) is 5.19. The molecular weight excluding hydrogens is 300 g/mol. The highest BCUT2D eigenvalue weighted by Crippen LogP contribution is 2.22. The summed E-state index contributed by atoms with van der Waals surface area (Å²) in [6, 6.07) is 16.3. The molecule has 0 fully saturated rings. The lowest BCUT2D eigenvalue weighted by Gasteiger charge is -2.16. The summed E-state index contributed by atoms with van der Waals surface area (Å²) < 4.78 is 16.7. The zero-order valence-corrected chi connectivity index (χ0v) is 15.1. The Balaban J connectivity index is 1.75. The molecule has 2 aromatic rings. The standard InChI is InChI=1S/C21H28O3/c1-5-16(2)19-8-12-21(13-9-19)24-17(3)23-15-14-18-6-10-20(22-4)11-7-18/h6-13,16-17H,5,14-15H2,1-4H3. The van der Waals surface area contributed by atoms with Gasteiger partial charge in [0.2, 0.25) is 0 Å². The minimum Gasteiger partial charge on any atom is -0.497 e. The first-order valence-electron chi connectivity index (χ1n) is 8.63. The third kappa shape index (κ3) is 5.57. The first kappa shape index (κ1) is 18.3. The second-order valence-corrected chi connectivity index (χ2v) is 6.03. The molecule has 0 aromatic heterocycles. The first-order chi connectivity index (χ1) is 11.6. The fourth-order valence-electron chi connectivity index (χ4n) is 2.47. The summed E-state index contributed by atoms with van der Waals surface area (Å²) in [7, 11) is 1.67. The number of rotatable bonds is 9. The van der Waals surface area contributed by atoms with Gasteiger partial charge in [-0.3, -0.25) is 0 Å². The number of benzene rings is 2. The highest BCUT2D eigenvalue weighted by Gasteiger charge is 2.06. The lowest BCUT2D eigenvalue weighted by molar-refractivity contribution is -0.0654. The van der Waals surface area contributed by atoms with E-state index in [1.807, 2.05) is 31.2 Å². The number of hydrogen-bond acceptors (Lipinski definition) is 3. The van der Waals surface area contributed by atoms with E-state index in [4.69, 9.17) is 14.2 Å². The Morgan fingerprint density at radius 2 is 1.50 bits per heavy atom. The van der Waals surface area contributed by atoms with Gasteiger partial charge in [-0.1, -0.05) is 38.1 Å². The molecular formula is C21H28O3. The zero-order chi connectivity index (χ0) is 17.4. The van der Waals surface area contributed by atoms with Gasteiger partial charge >= 0.3 is 0 Å². The summed E-state index contributed by atoms with van der Waals surface area (Å²) in [5.74, 6) is 2.30. The highest BCUT2D eigenvalue weighted by molar-refractivity contribution is 5.29. The molecule has 3 heteroatoms. The van der Waals surface area contributed by atoms with Crippen LogP contribution in [0, 0.1) is 0 Å². The molecule has 2 rings (SSSR count). The topological polar surface area (TPSA) is 27.7 Å². The summed E-state index contributed by atoms with van der Waals surface area (Å²) in [5.41, 5.74) is 2.57. The van der Waals surface area contributed by atoms with E-state index in [1.165, 1.54) is 11.1 Å². The molecule has 2 atom stereocenters. The fourth-order valence-corrected chi connectivity index (χ4v) is 2.47. The van der Waals surface area contributed by atoms with Crippen molar-refractivity contribution in [1.82, 2.24) is 0 Å². The van der Waals surface area contributed by atoms with Gasteiger partial charge in [0.05, 0.1) is 13.7 Å². The molecule has 0 radical (unpaired) electrons. The molecule has 2 aromatic carbocycles. The number of hydrogen-bond donors (Lipinski definition) is 0. The van der Waals surface area contributed by atoms with Gasteiger partial charge in [-0.15, -0.1) is 0 Å². The van der Waals surface area contributed by atoms with E-state index in [2.05, 4.69) is 38.1 Å². The maximum Gasteiger partial charge on any atom is 0.196 e. The van der Waals surface area contributed by atoms with E-state index in [0.717, 1.165) is 24.3 Å². The van der Waals surface area contributed by atoms with Crippen molar-refractivity contribution in [1.29, 1.82) is 0 Å². The van der Waals surface area contributed by atoms with Crippen LogP contribution in [0.1, 0.15) is 44.2 Å². The van der Waals surface area contributed by atoms with Crippen molar-refractivity contribution >= 4 is 0 Å². The van der Waals surface area contributed by atoms with E-state index >= 15 is 0 Å². The minimum atomic E-state index is -0.266. The van der Waals surface area contributed by atoms with Crippen molar-refractivity contribution in [2.45, 2.75) is 45.8 Å². The van der Waals surface area contributed by atoms with Crippen molar-refractivity contribution in [2.24, 2.45) is 0 Å². The third-order valence-electron chi connectivity index (χ3n) is 4.27. The van der Waals surface area contributed by atoms with Crippen LogP contribution in [0.15, 0.2) is 48.5 Å². The van der Waals surface area contributed by atoms with Crippen molar-refractivity contribution in [3.63, 3.8) is 0 Å². The van der Waals surface area contributed by atoms with Crippen LogP contribution in [-0.2, 0) is 11.2 Å². The third-order valence-corrected chi connectivity index (χ3v) is 4.27. The Hall–Kier alpha value is -2.00. The van der Waals surface area contributed by atoms with Crippen LogP contribution in [-0.4, -0.2) is 20.0 Å². The molecule has 130 valence electrons. The van der Waals surface area contributed by atoms with E-state index in [1.54, 1.807) is 7.11 Å². The maximum absolute atomic E-state index is 5.81. The van der Waals surface area contributed by atoms with Crippen LogP contribution in [0.5, 0.6) is 11.5 Å². The second kappa shape index (κ2) is 9.33. The van der Waals surface area contributed by atoms with Gasteiger partial charge in [0.1, 0.15) is 11.5 Å². The molecule has 0 spiro atoms. The molecule has 24 heavy (non-hydrogen) atoms. The lowest BCUT2D eigenvalue weighted by Crippen LogP contribution is -2.17. The zero-order valence-electron chi connectivity index (χ0n) is 15.1. The van der Waals surface area contributed by atoms with Gasteiger partial charge in [0.15, 0.2) is 6.29 Å². The number of ether oxygens (including phenoxy) is 3. The van der Waals surface area contributed by atoms with Gasteiger partial charge in [0.25, 0.3) is 0 Å². The van der Waals surface area contributed by atoms with Crippen LogP contribution < -0.4 is 9.47 Å². The molecule has 0 aliphatic rings. The molecule has 0 bridgehead atoms. The van der Waals surface area contributed by atoms with Crippen molar-refractivity contribution in [3.05, 3.63) is 59.7 Å². The summed E-state index contributed by atoms with van der Waals surface area (Å²) in [4.78, 5) is 0. The van der Waals surface area contributed by atoms with Gasteiger partial charge < -0.3 is 14.2 Å². The van der Waals surface area contributed by atoms with Crippen molar-refractivity contribution < 1.29 is 14.2 Å². The van der Waals surface area contributed by atoms with Crippen LogP contribution in [0.2, 0.25) is 0 Å². The van der Waals surface area contributed by atoms with E-state index < -0.39 is 0 Å². The minimum absolute atomic E-state index is 0.266. The van der Waals surface area contributed by atoms with Crippen LogP contribution in [0.4, 0.5) is 0 Å². The van der Waals surface area contributed by atoms with Gasteiger partial charge in [-0.05, 0) is 61.1 Å². The summed E-state index contributed by atoms with van der Waals surface area (Å²) in [5, 5.41) is 0. The molecule has 0 aliphatic heterocycles. The molecule has 0 heterocycles. The Kier molecular flexibility index (Phi) is 7.13.